The maximum absolute atomic E-state index is 12.0. The number of aliphatic carboxylic acids is 1. The van der Waals surface area contributed by atoms with Gasteiger partial charge in [0.2, 0.25) is 5.91 Å². The minimum atomic E-state index is -2.88. The lowest BCUT2D eigenvalue weighted by Crippen LogP contribution is -2.42. The van der Waals surface area contributed by atoms with Crippen molar-refractivity contribution >= 4 is 11.9 Å². The largest absolute Gasteiger partial charge is 0.480 e. The Morgan fingerprint density at radius 2 is 1.91 bits per heavy atom. The molecular weight excluding hydrogens is 298 g/mol. The van der Waals surface area contributed by atoms with Gasteiger partial charge in [-0.2, -0.15) is 8.78 Å². The van der Waals surface area contributed by atoms with Gasteiger partial charge in [-0.1, -0.05) is 12.1 Å². The number of nitrogens with zero attached hydrogens (tertiary/aromatic N) is 1. The van der Waals surface area contributed by atoms with E-state index in [9.17, 15) is 18.4 Å². The van der Waals surface area contributed by atoms with E-state index >= 15 is 0 Å². The highest BCUT2D eigenvalue weighted by atomic mass is 19.3. The van der Waals surface area contributed by atoms with Crippen LogP contribution in [0.2, 0.25) is 0 Å². The SMILES string of the molecule is CC(C(=O)O)N(C)CC(=O)NCc1ccc(OC(F)F)cc1. The molecule has 1 atom stereocenters. The summed E-state index contributed by atoms with van der Waals surface area (Å²) < 4.78 is 28.2. The van der Waals surface area contributed by atoms with Gasteiger partial charge in [-0.3, -0.25) is 14.5 Å². The number of alkyl halides is 2. The zero-order valence-corrected chi connectivity index (χ0v) is 12.3. The van der Waals surface area contributed by atoms with E-state index < -0.39 is 18.6 Å². The Morgan fingerprint density at radius 3 is 2.41 bits per heavy atom. The number of carboxylic acid groups (broad SMARTS) is 1. The zero-order chi connectivity index (χ0) is 16.7. The number of likely N-dealkylation sites (N-methyl/N-ethyl adjacent to an activating group) is 1. The van der Waals surface area contributed by atoms with Gasteiger partial charge in [0.15, 0.2) is 0 Å². The second kappa shape index (κ2) is 8.28. The number of carbonyl (C=O) groups excluding carboxylic acids is 1. The van der Waals surface area contributed by atoms with E-state index in [1.165, 1.54) is 31.0 Å². The summed E-state index contributed by atoms with van der Waals surface area (Å²) in [4.78, 5) is 23.9. The van der Waals surface area contributed by atoms with E-state index in [1.54, 1.807) is 12.1 Å². The summed E-state index contributed by atoms with van der Waals surface area (Å²) in [7, 11) is 1.54. The minimum Gasteiger partial charge on any atom is -0.480 e. The van der Waals surface area contributed by atoms with Crippen molar-refractivity contribution in [3.05, 3.63) is 29.8 Å². The van der Waals surface area contributed by atoms with Crippen LogP contribution in [0.4, 0.5) is 8.78 Å². The molecule has 0 saturated carbocycles. The lowest BCUT2D eigenvalue weighted by atomic mass is 10.2. The highest BCUT2D eigenvalue weighted by molar-refractivity contribution is 5.79. The quantitative estimate of drug-likeness (QED) is 0.756. The smallest absolute Gasteiger partial charge is 0.387 e. The summed E-state index contributed by atoms with van der Waals surface area (Å²) in [5.74, 6) is -1.30. The van der Waals surface area contributed by atoms with Gasteiger partial charge in [0, 0.05) is 6.54 Å². The molecule has 0 fully saturated rings. The Labute approximate surface area is 126 Å². The van der Waals surface area contributed by atoms with Crippen LogP contribution in [0.1, 0.15) is 12.5 Å². The number of nitrogens with one attached hydrogen (secondary N) is 1. The monoisotopic (exact) mass is 316 g/mol. The number of benzene rings is 1. The van der Waals surface area contributed by atoms with Crippen molar-refractivity contribution in [3.8, 4) is 5.75 Å². The number of hydrogen-bond donors (Lipinski definition) is 2. The van der Waals surface area contributed by atoms with Gasteiger partial charge in [0.05, 0.1) is 6.54 Å². The molecule has 0 bridgehead atoms. The molecule has 1 unspecified atom stereocenters. The van der Waals surface area contributed by atoms with Crippen molar-refractivity contribution in [1.82, 2.24) is 10.2 Å². The molecule has 22 heavy (non-hydrogen) atoms. The van der Waals surface area contributed by atoms with Gasteiger partial charge in [-0.05, 0) is 31.7 Å². The van der Waals surface area contributed by atoms with Gasteiger partial charge in [-0.15, -0.1) is 0 Å². The molecule has 0 radical (unpaired) electrons. The van der Waals surface area contributed by atoms with Crippen LogP contribution in [0, 0.1) is 0 Å². The van der Waals surface area contributed by atoms with Gasteiger partial charge in [-0.25, -0.2) is 0 Å². The maximum atomic E-state index is 12.0. The number of halogens is 2. The zero-order valence-electron chi connectivity index (χ0n) is 12.3. The van der Waals surface area contributed by atoms with Crippen LogP contribution >= 0.6 is 0 Å². The molecule has 2 N–H and O–H groups in total. The number of ether oxygens (including phenoxy) is 1. The van der Waals surface area contributed by atoms with E-state index in [0.29, 0.717) is 5.56 Å². The molecule has 1 aromatic carbocycles. The van der Waals surface area contributed by atoms with Gasteiger partial charge in [0.1, 0.15) is 11.8 Å². The maximum Gasteiger partial charge on any atom is 0.387 e. The predicted molar refractivity (Wildman–Crippen MR) is 74.6 cm³/mol. The van der Waals surface area contributed by atoms with E-state index in [2.05, 4.69) is 10.1 Å². The number of rotatable bonds is 8. The van der Waals surface area contributed by atoms with Crippen molar-refractivity contribution in [2.24, 2.45) is 0 Å². The molecule has 1 aromatic rings. The molecule has 0 aromatic heterocycles. The average molecular weight is 316 g/mol. The summed E-state index contributed by atoms with van der Waals surface area (Å²) in [6, 6.07) is 5.11. The van der Waals surface area contributed by atoms with Gasteiger partial charge >= 0.3 is 12.6 Å². The first-order chi connectivity index (χ1) is 10.3. The summed E-state index contributed by atoms with van der Waals surface area (Å²) >= 11 is 0. The number of hydrogen-bond acceptors (Lipinski definition) is 4. The third kappa shape index (κ3) is 6.04. The Kier molecular flexibility index (Phi) is 6.71. The van der Waals surface area contributed by atoms with Crippen LogP contribution in [0.15, 0.2) is 24.3 Å². The molecule has 8 heteroatoms. The van der Waals surface area contributed by atoms with Crippen molar-refractivity contribution in [2.75, 3.05) is 13.6 Å². The lowest BCUT2D eigenvalue weighted by Gasteiger charge is -2.20. The molecule has 0 aliphatic heterocycles. The molecule has 0 aliphatic carbocycles. The molecule has 122 valence electrons. The topological polar surface area (TPSA) is 78.9 Å². The Morgan fingerprint density at radius 1 is 1.32 bits per heavy atom. The van der Waals surface area contributed by atoms with E-state index in [1.807, 2.05) is 0 Å². The molecule has 0 saturated heterocycles. The third-order valence-corrected chi connectivity index (χ3v) is 3.05. The van der Waals surface area contributed by atoms with E-state index in [-0.39, 0.29) is 24.7 Å². The van der Waals surface area contributed by atoms with Crippen molar-refractivity contribution < 1.29 is 28.2 Å². The first-order valence-corrected chi connectivity index (χ1v) is 6.53. The summed E-state index contributed by atoms with van der Waals surface area (Å²) in [6.45, 7) is -1.24. The number of amides is 1. The van der Waals surface area contributed by atoms with Crippen LogP contribution in [0.5, 0.6) is 5.75 Å². The summed E-state index contributed by atoms with van der Waals surface area (Å²) in [5, 5.41) is 11.4. The van der Waals surface area contributed by atoms with E-state index in [0.717, 1.165) is 0 Å². The molecule has 0 heterocycles. The molecule has 0 aliphatic rings. The number of carbonyl (C=O) groups is 2. The first kappa shape index (κ1) is 17.8. The van der Waals surface area contributed by atoms with Crippen LogP contribution in [0.25, 0.3) is 0 Å². The van der Waals surface area contributed by atoms with Crippen LogP contribution in [-0.4, -0.2) is 48.1 Å². The van der Waals surface area contributed by atoms with E-state index in [4.69, 9.17) is 5.11 Å². The minimum absolute atomic E-state index is 0.0418. The highest BCUT2D eigenvalue weighted by Gasteiger charge is 2.18. The molecule has 6 nitrogen and oxygen atoms in total. The van der Waals surface area contributed by atoms with Crippen LogP contribution < -0.4 is 10.1 Å². The second-order valence-electron chi connectivity index (χ2n) is 4.73. The molecule has 1 rings (SSSR count). The summed E-state index contributed by atoms with van der Waals surface area (Å²) in [5.41, 5.74) is 0.712. The first-order valence-electron chi connectivity index (χ1n) is 6.53. The predicted octanol–water partition coefficient (Wildman–Crippen LogP) is 1.31. The van der Waals surface area contributed by atoms with Crippen molar-refractivity contribution in [1.29, 1.82) is 0 Å². The van der Waals surface area contributed by atoms with Crippen molar-refractivity contribution in [2.45, 2.75) is 26.1 Å². The summed E-state index contributed by atoms with van der Waals surface area (Å²) in [6.07, 6.45) is 0. The van der Waals surface area contributed by atoms with Crippen LogP contribution in [0.3, 0.4) is 0 Å². The van der Waals surface area contributed by atoms with Gasteiger partial charge < -0.3 is 15.2 Å². The fourth-order valence-corrected chi connectivity index (χ4v) is 1.60. The van der Waals surface area contributed by atoms with Crippen LogP contribution in [-0.2, 0) is 16.1 Å². The molecule has 1 amide bonds. The average Bonchev–Trinajstić information content (AvgIpc) is 2.45. The second-order valence-corrected chi connectivity index (χ2v) is 4.73. The normalized spacial score (nSPS) is 12.3. The Balaban J connectivity index is 2.42. The van der Waals surface area contributed by atoms with Crippen molar-refractivity contribution in [3.63, 3.8) is 0 Å². The Bertz CT molecular complexity index is 508. The molecule has 0 spiro atoms. The lowest BCUT2D eigenvalue weighted by molar-refractivity contribution is -0.142. The fourth-order valence-electron chi connectivity index (χ4n) is 1.60. The highest BCUT2D eigenvalue weighted by Crippen LogP contribution is 2.14. The number of carboxylic acids is 1. The molecular formula is C14H18F2N2O4. The Hall–Kier alpha value is -2.22. The standard InChI is InChI=1S/C14H18F2N2O4/c1-9(13(20)21)18(2)8-12(19)17-7-10-3-5-11(6-4-10)22-14(15)16/h3-6,9,14H,7-8H2,1-2H3,(H,17,19)(H,20,21). The fraction of sp³-hybridized carbons (Fsp3) is 0.429. The van der Waals surface area contributed by atoms with Gasteiger partial charge in [0.25, 0.3) is 0 Å². The third-order valence-electron chi connectivity index (χ3n) is 3.05.